The Morgan fingerprint density at radius 1 is 0.839 bits per heavy atom. The number of carboxylic acids is 1. The second-order valence-electron chi connectivity index (χ2n) is 10.2. The lowest BCUT2D eigenvalue weighted by molar-refractivity contribution is -0.00609. The molecule has 1 N–H and O–H groups in total. The zero-order valence-electron chi connectivity index (χ0n) is 17.9. The molecular formula is C28H28O3. The van der Waals surface area contributed by atoms with Gasteiger partial charge in [0, 0.05) is 5.56 Å². The molecule has 3 heteroatoms. The zero-order valence-corrected chi connectivity index (χ0v) is 17.9. The number of benzene rings is 3. The topological polar surface area (TPSA) is 46.5 Å². The van der Waals surface area contributed by atoms with Gasteiger partial charge < -0.3 is 9.84 Å². The van der Waals surface area contributed by atoms with Crippen LogP contribution < -0.4 is 4.74 Å². The smallest absolute Gasteiger partial charge is 0.335 e. The number of ether oxygens (including phenoxy) is 1. The van der Waals surface area contributed by atoms with Crippen molar-refractivity contribution in [1.82, 2.24) is 0 Å². The average Bonchev–Trinajstić information content (AvgIpc) is 2.77. The van der Waals surface area contributed by atoms with Crippen LogP contribution >= 0.6 is 0 Å². The summed E-state index contributed by atoms with van der Waals surface area (Å²) in [5, 5.41) is 11.6. The lowest BCUT2D eigenvalue weighted by atomic mass is 9.48. The molecule has 0 saturated heterocycles. The van der Waals surface area contributed by atoms with Crippen molar-refractivity contribution in [3.63, 3.8) is 0 Å². The lowest BCUT2D eigenvalue weighted by Crippen LogP contribution is -2.48. The van der Waals surface area contributed by atoms with Gasteiger partial charge in [-0.1, -0.05) is 24.3 Å². The summed E-state index contributed by atoms with van der Waals surface area (Å²) in [6.45, 7) is 0. The van der Waals surface area contributed by atoms with E-state index in [0.29, 0.717) is 5.56 Å². The summed E-state index contributed by atoms with van der Waals surface area (Å²) in [7, 11) is 1.81. The largest absolute Gasteiger partial charge is 0.496 e. The van der Waals surface area contributed by atoms with E-state index in [-0.39, 0.29) is 5.41 Å². The van der Waals surface area contributed by atoms with Crippen molar-refractivity contribution in [2.24, 2.45) is 17.8 Å². The van der Waals surface area contributed by atoms with E-state index in [1.165, 1.54) is 54.9 Å². The van der Waals surface area contributed by atoms with Gasteiger partial charge in [0.1, 0.15) is 5.75 Å². The Labute approximate surface area is 183 Å². The van der Waals surface area contributed by atoms with Crippen LogP contribution in [0.4, 0.5) is 0 Å². The standard InChI is InChI=1S/C28H28O3/c1-31-26-13-23-7-6-22(20-2-4-21(5-3-20)27(29)30)11-24(23)12-25(26)28-14-17-8-18(15-28)10-19(9-17)16-28/h2-7,11-13,17-19H,8-10,14-16H2,1H3,(H,29,30). The molecule has 0 spiro atoms. The molecule has 31 heavy (non-hydrogen) atoms. The maximum atomic E-state index is 11.2. The Hall–Kier alpha value is -2.81. The maximum Gasteiger partial charge on any atom is 0.335 e. The van der Waals surface area contributed by atoms with Crippen molar-refractivity contribution in [2.75, 3.05) is 7.11 Å². The van der Waals surface area contributed by atoms with Crippen molar-refractivity contribution in [3.8, 4) is 16.9 Å². The van der Waals surface area contributed by atoms with E-state index in [1.807, 2.05) is 19.2 Å². The predicted octanol–water partition coefficient (Wildman–Crippen LogP) is 6.68. The average molecular weight is 413 g/mol. The number of rotatable bonds is 4. The van der Waals surface area contributed by atoms with Crippen molar-refractivity contribution in [1.29, 1.82) is 0 Å². The molecule has 0 unspecified atom stereocenters. The molecule has 3 nitrogen and oxygen atoms in total. The third kappa shape index (κ3) is 3.05. The highest BCUT2D eigenvalue weighted by atomic mass is 16.5. The Morgan fingerprint density at radius 2 is 1.45 bits per heavy atom. The minimum atomic E-state index is -0.891. The van der Waals surface area contributed by atoms with Crippen LogP contribution in [-0.2, 0) is 5.41 Å². The lowest BCUT2D eigenvalue weighted by Gasteiger charge is -2.57. The fraction of sp³-hybridized carbons (Fsp3) is 0.393. The number of fused-ring (bicyclic) bond motifs is 1. The third-order valence-corrected chi connectivity index (χ3v) is 8.23. The third-order valence-electron chi connectivity index (χ3n) is 8.23. The first-order chi connectivity index (χ1) is 15.0. The van der Waals surface area contributed by atoms with E-state index >= 15 is 0 Å². The van der Waals surface area contributed by atoms with Crippen LogP contribution in [0.1, 0.15) is 54.4 Å². The fourth-order valence-electron chi connectivity index (χ4n) is 7.29. The molecule has 3 aromatic carbocycles. The first-order valence-electron chi connectivity index (χ1n) is 11.5. The van der Waals surface area contributed by atoms with Crippen molar-refractivity contribution in [2.45, 2.75) is 43.9 Å². The van der Waals surface area contributed by atoms with Crippen LogP contribution in [0.5, 0.6) is 5.75 Å². The molecule has 158 valence electrons. The first-order valence-corrected chi connectivity index (χ1v) is 11.5. The number of carboxylic acid groups (broad SMARTS) is 1. The summed E-state index contributed by atoms with van der Waals surface area (Å²) < 4.78 is 5.94. The Balaban J connectivity index is 1.44. The molecule has 0 aliphatic heterocycles. The van der Waals surface area contributed by atoms with Gasteiger partial charge in [0.25, 0.3) is 0 Å². The highest BCUT2D eigenvalue weighted by Crippen LogP contribution is 2.62. The minimum Gasteiger partial charge on any atom is -0.496 e. The molecule has 7 rings (SSSR count). The second-order valence-corrected chi connectivity index (χ2v) is 10.2. The van der Waals surface area contributed by atoms with Crippen molar-refractivity contribution >= 4 is 16.7 Å². The Morgan fingerprint density at radius 3 is 2.03 bits per heavy atom. The van der Waals surface area contributed by atoms with E-state index in [1.54, 1.807) is 12.1 Å². The van der Waals surface area contributed by atoms with Crippen molar-refractivity contribution < 1.29 is 14.6 Å². The van der Waals surface area contributed by atoms with Gasteiger partial charge in [-0.25, -0.2) is 4.79 Å². The second kappa shape index (κ2) is 6.85. The van der Waals surface area contributed by atoms with E-state index < -0.39 is 5.97 Å². The van der Waals surface area contributed by atoms with E-state index in [2.05, 4.69) is 30.3 Å². The number of hydrogen-bond donors (Lipinski definition) is 1. The molecule has 0 radical (unpaired) electrons. The van der Waals surface area contributed by atoms with Crippen LogP contribution in [-0.4, -0.2) is 18.2 Å². The molecule has 4 saturated carbocycles. The summed E-state index contributed by atoms with van der Waals surface area (Å²) in [5.41, 5.74) is 4.18. The van der Waals surface area contributed by atoms with E-state index in [9.17, 15) is 9.90 Å². The predicted molar refractivity (Wildman–Crippen MR) is 123 cm³/mol. The molecule has 4 aliphatic carbocycles. The first kappa shape index (κ1) is 18.9. The van der Waals surface area contributed by atoms with Gasteiger partial charge >= 0.3 is 5.97 Å². The molecule has 4 fully saturated rings. The Kier molecular flexibility index (Phi) is 4.18. The molecule has 0 atom stereocenters. The van der Waals surface area contributed by atoms with Crippen LogP contribution in [0.15, 0.2) is 54.6 Å². The molecule has 0 amide bonds. The van der Waals surface area contributed by atoms with Crippen LogP contribution in [0.25, 0.3) is 21.9 Å². The zero-order chi connectivity index (χ0) is 21.2. The molecule has 0 heterocycles. The van der Waals surface area contributed by atoms with Crippen LogP contribution in [0, 0.1) is 17.8 Å². The van der Waals surface area contributed by atoms with Gasteiger partial charge in [-0.2, -0.15) is 0 Å². The maximum absolute atomic E-state index is 11.2. The minimum absolute atomic E-state index is 0.285. The van der Waals surface area contributed by atoms with Crippen molar-refractivity contribution in [3.05, 3.63) is 65.7 Å². The number of carbonyl (C=O) groups is 1. The van der Waals surface area contributed by atoms with Crippen LogP contribution in [0.2, 0.25) is 0 Å². The molecule has 4 bridgehead atoms. The summed E-state index contributed by atoms with van der Waals surface area (Å²) in [6, 6.07) is 18.3. The molecule has 3 aromatic rings. The summed E-state index contributed by atoms with van der Waals surface area (Å²) in [4.78, 5) is 11.2. The highest BCUT2D eigenvalue weighted by Gasteiger charge is 2.52. The fourth-order valence-corrected chi connectivity index (χ4v) is 7.29. The number of hydrogen-bond acceptors (Lipinski definition) is 2. The van der Waals surface area contributed by atoms with Crippen LogP contribution in [0.3, 0.4) is 0 Å². The number of aromatic carboxylic acids is 1. The Bertz CT molecular complexity index is 1140. The van der Waals surface area contributed by atoms with Gasteiger partial charge in [-0.3, -0.25) is 0 Å². The molecule has 0 aromatic heterocycles. The molecule has 4 aliphatic rings. The van der Waals surface area contributed by atoms with E-state index in [4.69, 9.17) is 4.74 Å². The van der Waals surface area contributed by atoms with Gasteiger partial charge in [0.15, 0.2) is 0 Å². The normalized spacial score (nSPS) is 28.7. The SMILES string of the molecule is COc1cc2ccc(-c3ccc(C(=O)O)cc3)cc2cc1C12CC3CC(CC(C3)C1)C2. The highest BCUT2D eigenvalue weighted by molar-refractivity contribution is 5.91. The van der Waals surface area contributed by atoms with Gasteiger partial charge in [-0.15, -0.1) is 0 Å². The molecular weight excluding hydrogens is 384 g/mol. The van der Waals surface area contributed by atoms with Gasteiger partial charge in [0.05, 0.1) is 12.7 Å². The monoisotopic (exact) mass is 412 g/mol. The van der Waals surface area contributed by atoms with Gasteiger partial charge in [-0.05, 0) is 114 Å². The van der Waals surface area contributed by atoms with Gasteiger partial charge in [0.2, 0.25) is 0 Å². The summed E-state index contributed by atoms with van der Waals surface area (Å²) in [6.07, 6.45) is 8.26. The summed E-state index contributed by atoms with van der Waals surface area (Å²) >= 11 is 0. The van der Waals surface area contributed by atoms with E-state index in [0.717, 1.165) is 34.6 Å². The quantitative estimate of drug-likeness (QED) is 0.520. The summed E-state index contributed by atoms with van der Waals surface area (Å²) in [5.74, 6) is 2.84. The number of methoxy groups -OCH3 is 1.